The van der Waals surface area contributed by atoms with Crippen LogP contribution in [0.4, 0.5) is 5.69 Å². The predicted molar refractivity (Wildman–Crippen MR) is 153 cm³/mol. The van der Waals surface area contributed by atoms with Crippen molar-refractivity contribution in [3.8, 4) is 34.3 Å². The molecule has 0 bridgehead atoms. The van der Waals surface area contributed by atoms with Crippen LogP contribution in [0.1, 0.15) is 49.0 Å². The zero-order valence-electron chi connectivity index (χ0n) is 23.2. The molecule has 3 aromatic rings. The van der Waals surface area contributed by atoms with Gasteiger partial charge in [-0.15, -0.1) is 0 Å². The van der Waals surface area contributed by atoms with E-state index in [2.05, 4.69) is 15.4 Å². The summed E-state index contributed by atoms with van der Waals surface area (Å²) < 4.78 is 11.5. The fraction of sp³-hybridized carbons (Fsp3) is 0.467. The molecule has 0 radical (unpaired) electrons. The molecule has 5 rings (SSSR count). The smallest absolute Gasteiger partial charge is 0.273 e. The van der Waals surface area contributed by atoms with E-state index in [9.17, 15) is 15.0 Å². The first-order chi connectivity index (χ1) is 19.3. The van der Waals surface area contributed by atoms with Gasteiger partial charge in [0.25, 0.3) is 5.91 Å². The number of aromatic hydroxyl groups is 2. The van der Waals surface area contributed by atoms with Crippen molar-refractivity contribution in [3.05, 3.63) is 48.2 Å². The van der Waals surface area contributed by atoms with Gasteiger partial charge in [-0.2, -0.15) is 0 Å². The van der Waals surface area contributed by atoms with E-state index in [4.69, 9.17) is 15.0 Å². The summed E-state index contributed by atoms with van der Waals surface area (Å²) >= 11 is 0. The van der Waals surface area contributed by atoms with Crippen LogP contribution >= 0.6 is 0 Å². The summed E-state index contributed by atoms with van der Waals surface area (Å²) in [5.74, 6) is 0.760. The highest BCUT2D eigenvalue weighted by Crippen LogP contribution is 2.43. The maximum atomic E-state index is 13.0. The topological polar surface area (TPSA) is 137 Å². The van der Waals surface area contributed by atoms with Gasteiger partial charge in [0, 0.05) is 63.2 Å². The molecule has 5 N–H and O–H groups in total. The van der Waals surface area contributed by atoms with Gasteiger partial charge in [-0.3, -0.25) is 4.79 Å². The van der Waals surface area contributed by atoms with E-state index >= 15 is 0 Å². The fourth-order valence-electron chi connectivity index (χ4n) is 5.77. The maximum absolute atomic E-state index is 13.0. The van der Waals surface area contributed by atoms with Crippen LogP contribution in [0.2, 0.25) is 0 Å². The molecule has 1 aliphatic carbocycles. The lowest BCUT2D eigenvalue weighted by atomic mass is 9.84. The third-order valence-corrected chi connectivity index (χ3v) is 8.17. The second kappa shape index (κ2) is 12.2. The van der Waals surface area contributed by atoms with Gasteiger partial charge in [0.15, 0.2) is 11.5 Å². The van der Waals surface area contributed by atoms with Crippen molar-refractivity contribution in [1.29, 1.82) is 0 Å². The molecule has 0 spiro atoms. The quantitative estimate of drug-likeness (QED) is 0.324. The minimum absolute atomic E-state index is 0.0652. The van der Waals surface area contributed by atoms with Gasteiger partial charge < -0.3 is 40.3 Å². The van der Waals surface area contributed by atoms with Crippen molar-refractivity contribution in [1.82, 2.24) is 15.4 Å². The molecule has 2 heterocycles. The third kappa shape index (κ3) is 6.34. The monoisotopic (exact) mass is 549 g/mol. The Bertz CT molecular complexity index is 1290. The number of likely N-dealkylation sites (tertiary alicyclic amines) is 1. The highest BCUT2D eigenvalue weighted by Gasteiger charge is 2.30. The maximum Gasteiger partial charge on any atom is 0.273 e. The van der Waals surface area contributed by atoms with Crippen LogP contribution in [0, 0.1) is 5.92 Å². The number of carbonyl (C=O) groups is 1. The van der Waals surface area contributed by atoms with E-state index < -0.39 is 0 Å². The number of amides is 1. The van der Waals surface area contributed by atoms with Gasteiger partial charge in [-0.1, -0.05) is 5.16 Å². The van der Waals surface area contributed by atoms with E-state index in [0.717, 1.165) is 38.2 Å². The molecule has 2 fully saturated rings. The first-order valence-corrected chi connectivity index (χ1v) is 14.0. The van der Waals surface area contributed by atoms with Crippen molar-refractivity contribution in [2.24, 2.45) is 11.7 Å². The van der Waals surface area contributed by atoms with Gasteiger partial charge in [-0.05, 0) is 75.3 Å². The van der Waals surface area contributed by atoms with Gasteiger partial charge >= 0.3 is 0 Å². The number of nitrogens with one attached hydrogen (secondary N) is 1. The Labute approximate surface area is 234 Å². The van der Waals surface area contributed by atoms with Crippen molar-refractivity contribution in [2.45, 2.75) is 50.6 Å². The van der Waals surface area contributed by atoms with Crippen LogP contribution in [0.15, 0.2) is 47.0 Å². The normalized spacial score (nSPS) is 20.3. The lowest BCUT2D eigenvalue weighted by Crippen LogP contribution is -2.49. The van der Waals surface area contributed by atoms with Crippen LogP contribution in [-0.2, 0) is 0 Å². The largest absolute Gasteiger partial charge is 0.508 e. The number of anilines is 1. The zero-order chi connectivity index (χ0) is 28.2. The minimum Gasteiger partial charge on any atom is -0.508 e. The minimum atomic E-state index is -0.322. The summed E-state index contributed by atoms with van der Waals surface area (Å²) in [6.45, 7) is 2.71. The van der Waals surface area contributed by atoms with E-state index in [1.807, 2.05) is 31.1 Å². The number of hydrogen-bond donors (Lipinski definition) is 4. The number of hydrogen-bond acceptors (Lipinski definition) is 9. The Kier molecular flexibility index (Phi) is 8.46. The van der Waals surface area contributed by atoms with Gasteiger partial charge in [0.1, 0.15) is 28.6 Å². The number of phenols is 2. The number of nitrogens with two attached hydrogens (primary N) is 1. The number of rotatable bonds is 8. The number of ether oxygens (including phenoxy) is 1. The van der Waals surface area contributed by atoms with Crippen LogP contribution in [0.25, 0.3) is 11.3 Å². The summed E-state index contributed by atoms with van der Waals surface area (Å²) in [5, 5.41) is 27.8. The zero-order valence-corrected chi connectivity index (χ0v) is 23.2. The molecule has 0 unspecified atom stereocenters. The Morgan fingerprint density at radius 1 is 1.07 bits per heavy atom. The number of aromatic nitrogens is 1. The summed E-state index contributed by atoms with van der Waals surface area (Å²) in [7, 11) is 3.88. The van der Waals surface area contributed by atoms with Crippen LogP contribution < -0.4 is 20.7 Å². The van der Waals surface area contributed by atoms with Gasteiger partial charge in [-0.25, -0.2) is 0 Å². The second-order valence-corrected chi connectivity index (χ2v) is 11.1. The first-order valence-electron chi connectivity index (χ1n) is 14.0. The highest BCUT2D eigenvalue weighted by atomic mass is 16.5. The number of piperidine rings is 1. The molecular weight excluding hydrogens is 510 g/mol. The second-order valence-electron chi connectivity index (χ2n) is 11.1. The SMILES string of the molecule is CN(C)c1ccc(Oc2cc(O)cc(O)c2-c2cc(C(=O)NC3CCN(C4CCC(CN)CC4)CC3)no2)cc1. The molecule has 0 atom stereocenters. The van der Waals surface area contributed by atoms with E-state index in [0.29, 0.717) is 17.7 Å². The van der Waals surface area contributed by atoms with Crippen LogP contribution in [-0.4, -0.2) is 72.0 Å². The van der Waals surface area contributed by atoms with Crippen molar-refractivity contribution in [2.75, 3.05) is 38.6 Å². The lowest BCUT2D eigenvalue weighted by molar-refractivity contribution is 0.0834. The first kappa shape index (κ1) is 27.8. The summed E-state index contributed by atoms with van der Waals surface area (Å²) in [6.07, 6.45) is 6.60. The number of phenolic OH excluding ortho intramolecular Hbond substituents is 2. The van der Waals surface area contributed by atoms with Crippen molar-refractivity contribution >= 4 is 11.6 Å². The number of benzene rings is 2. The number of carbonyl (C=O) groups excluding carboxylic acids is 1. The Morgan fingerprint density at radius 3 is 2.42 bits per heavy atom. The number of nitrogens with zero attached hydrogens (tertiary/aromatic N) is 3. The summed E-state index contributed by atoms with van der Waals surface area (Å²) in [4.78, 5) is 17.5. The molecule has 40 heavy (non-hydrogen) atoms. The lowest BCUT2D eigenvalue weighted by Gasteiger charge is -2.40. The predicted octanol–water partition coefficient (Wildman–Crippen LogP) is 4.32. The Hall–Kier alpha value is -3.76. The molecule has 10 nitrogen and oxygen atoms in total. The molecule has 1 saturated heterocycles. The molecule has 2 aromatic carbocycles. The fourth-order valence-corrected chi connectivity index (χ4v) is 5.77. The molecule has 10 heteroatoms. The molecule has 1 amide bonds. The van der Waals surface area contributed by atoms with Crippen molar-refractivity contribution in [3.63, 3.8) is 0 Å². The van der Waals surface area contributed by atoms with E-state index in [1.54, 1.807) is 12.1 Å². The third-order valence-electron chi connectivity index (χ3n) is 8.17. The average Bonchev–Trinajstić information content (AvgIpc) is 3.43. The molecule has 1 aromatic heterocycles. The van der Waals surface area contributed by atoms with Gasteiger partial charge in [0.05, 0.1) is 0 Å². The standard InChI is InChI=1S/C30H39N5O5/c1-34(2)21-7-9-24(10-8-21)39-27-16-23(36)15-26(37)29(27)28-17-25(33-40-28)30(38)32-20-11-13-35(14-12-20)22-5-3-19(18-31)4-6-22/h7-10,15-17,19-20,22,36-37H,3-6,11-14,18,31H2,1-2H3,(H,32,38). The van der Waals surface area contributed by atoms with E-state index in [1.165, 1.54) is 43.9 Å². The molecule has 214 valence electrons. The molecule has 2 aliphatic rings. The van der Waals surface area contributed by atoms with Crippen LogP contribution in [0.5, 0.6) is 23.0 Å². The summed E-state index contributed by atoms with van der Waals surface area (Å²) in [6, 6.07) is 12.1. The average molecular weight is 550 g/mol. The Balaban J connectivity index is 1.23. The van der Waals surface area contributed by atoms with Gasteiger partial charge in [0.2, 0.25) is 0 Å². The van der Waals surface area contributed by atoms with Crippen molar-refractivity contribution < 1.29 is 24.3 Å². The highest BCUT2D eigenvalue weighted by molar-refractivity contribution is 5.93. The Morgan fingerprint density at radius 2 is 1.77 bits per heavy atom. The summed E-state index contributed by atoms with van der Waals surface area (Å²) in [5.41, 5.74) is 7.15. The molecule has 1 saturated carbocycles. The molecular formula is C30H39N5O5. The van der Waals surface area contributed by atoms with Crippen LogP contribution in [0.3, 0.4) is 0 Å². The molecule has 1 aliphatic heterocycles. The van der Waals surface area contributed by atoms with E-state index in [-0.39, 0.29) is 46.2 Å².